The fourth-order valence-corrected chi connectivity index (χ4v) is 3.43. The quantitative estimate of drug-likeness (QED) is 0.696. The fraction of sp³-hybridized carbons (Fsp3) is 0.500. The molecule has 9 heteroatoms. The third-order valence-electron chi connectivity index (χ3n) is 5.17. The van der Waals surface area contributed by atoms with Crippen molar-refractivity contribution in [1.29, 1.82) is 0 Å². The Balaban J connectivity index is 1.63. The summed E-state index contributed by atoms with van der Waals surface area (Å²) >= 11 is 0. The Morgan fingerprint density at radius 1 is 1.19 bits per heavy atom. The van der Waals surface area contributed by atoms with Crippen LogP contribution in [0.5, 0.6) is 0 Å². The van der Waals surface area contributed by atoms with Crippen LogP contribution in [0.2, 0.25) is 0 Å². The van der Waals surface area contributed by atoms with E-state index in [0.717, 1.165) is 42.2 Å². The van der Waals surface area contributed by atoms with Crippen LogP contribution in [0.4, 0.5) is 5.95 Å². The van der Waals surface area contributed by atoms with Gasteiger partial charge in [0.2, 0.25) is 5.95 Å². The van der Waals surface area contributed by atoms with Crippen molar-refractivity contribution in [1.82, 2.24) is 34.3 Å². The Morgan fingerprint density at radius 2 is 2.00 bits per heavy atom. The molecule has 1 fully saturated rings. The van der Waals surface area contributed by atoms with E-state index in [9.17, 15) is 0 Å². The van der Waals surface area contributed by atoms with E-state index in [1.807, 2.05) is 33.0 Å². The van der Waals surface area contributed by atoms with Crippen LogP contribution in [0.1, 0.15) is 42.8 Å². The van der Waals surface area contributed by atoms with E-state index in [1.165, 1.54) is 0 Å². The van der Waals surface area contributed by atoms with Crippen molar-refractivity contribution in [3.05, 3.63) is 29.2 Å². The van der Waals surface area contributed by atoms with Gasteiger partial charge in [-0.05, 0) is 45.8 Å². The van der Waals surface area contributed by atoms with Gasteiger partial charge in [0.15, 0.2) is 17.3 Å². The zero-order valence-electron chi connectivity index (χ0n) is 16.3. The van der Waals surface area contributed by atoms with Crippen molar-refractivity contribution in [2.45, 2.75) is 39.3 Å². The van der Waals surface area contributed by atoms with Crippen molar-refractivity contribution >= 4 is 23.7 Å². The van der Waals surface area contributed by atoms with Gasteiger partial charge in [0.05, 0.1) is 11.4 Å². The molecule has 4 rings (SSSR count). The predicted octanol–water partition coefficient (Wildman–Crippen LogP) is 2.00. The summed E-state index contributed by atoms with van der Waals surface area (Å²) in [5, 5.41) is 9.09. The lowest BCUT2D eigenvalue weighted by molar-refractivity contribution is 0.0146. The van der Waals surface area contributed by atoms with E-state index in [-0.39, 0.29) is 5.72 Å². The predicted molar refractivity (Wildman–Crippen MR) is 102 cm³/mol. The summed E-state index contributed by atoms with van der Waals surface area (Å²) < 4.78 is 9.25. The number of anilines is 1. The zero-order chi connectivity index (χ0) is 19.2. The molecule has 1 aliphatic heterocycles. The van der Waals surface area contributed by atoms with Gasteiger partial charge in [-0.2, -0.15) is 4.98 Å². The second-order valence-corrected chi connectivity index (χ2v) is 7.05. The maximum absolute atomic E-state index is 5.69. The summed E-state index contributed by atoms with van der Waals surface area (Å²) in [5.74, 6) is 2.03. The van der Waals surface area contributed by atoms with Gasteiger partial charge >= 0.3 is 0 Å². The van der Waals surface area contributed by atoms with Gasteiger partial charge in [-0.3, -0.25) is 4.98 Å². The minimum absolute atomic E-state index is 0.354. The van der Waals surface area contributed by atoms with E-state index in [2.05, 4.69) is 37.0 Å². The first-order valence-electron chi connectivity index (χ1n) is 9.02. The molecule has 1 saturated heterocycles. The van der Waals surface area contributed by atoms with Crippen molar-refractivity contribution in [3.8, 4) is 0 Å². The first-order valence-corrected chi connectivity index (χ1v) is 9.02. The standard InChI is InChI=1S/C18H24N8O/c1-12-11-19-13(2)16-20-14(22-26(12)16)7-8-15-21-17(23-24(15)4)25-10-6-9-18(25,3)27-5/h7-8,11H,6,9-10H2,1-5H3/t18-/m1/s1. The normalized spacial score (nSPS) is 20.4. The minimum atomic E-state index is -0.354. The highest BCUT2D eigenvalue weighted by molar-refractivity contribution is 5.65. The number of aromatic nitrogens is 7. The molecule has 3 aromatic heterocycles. The second-order valence-electron chi connectivity index (χ2n) is 7.05. The maximum Gasteiger partial charge on any atom is 0.247 e. The molecule has 142 valence electrons. The number of hydrogen-bond donors (Lipinski definition) is 0. The largest absolute Gasteiger partial charge is 0.359 e. The number of aryl methyl sites for hydroxylation is 3. The lowest BCUT2D eigenvalue weighted by Gasteiger charge is -2.32. The van der Waals surface area contributed by atoms with E-state index < -0.39 is 0 Å². The van der Waals surface area contributed by atoms with Gasteiger partial charge in [-0.1, -0.05) is 0 Å². The summed E-state index contributed by atoms with van der Waals surface area (Å²) in [7, 11) is 3.61. The molecule has 0 N–H and O–H groups in total. The summed E-state index contributed by atoms with van der Waals surface area (Å²) in [6.07, 6.45) is 7.54. The molecule has 0 spiro atoms. The molecule has 0 amide bonds. The molecular formula is C18H24N8O. The first-order chi connectivity index (χ1) is 12.9. The Kier molecular flexibility index (Phi) is 4.18. The molecule has 3 aromatic rings. The Hall–Kier alpha value is -2.81. The van der Waals surface area contributed by atoms with Gasteiger partial charge in [-0.15, -0.1) is 10.2 Å². The van der Waals surface area contributed by atoms with Crippen LogP contribution in [0.3, 0.4) is 0 Å². The SMILES string of the molecule is CO[C@]1(C)CCCN1c1nc(C=Cc2nc3c(C)ncc(C)n3n2)n(C)n1. The van der Waals surface area contributed by atoms with E-state index >= 15 is 0 Å². The molecular weight excluding hydrogens is 344 g/mol. The summed E-state index contributed by atoms with van der Waals surface area (Å²) in [5.41, 5.74) is 2.20. The lowest BCUT2D eigenvalue weighted by atomic mass is 10.2. The van der Waals surface area contributed by atoms with Crippen LogP contribution < -0.4 is 4.90 Å². The Labute approximate surface area is 157 Å². The number of nitrogens with zero attached hydrogens (tertiary/aromatic N) is 8. The monoisotopic (exact) mass is 368 g/mol. The van der Waals surface area contributed by atoms with Crippen LogP contribution in [-0.4, -0.2) is 53.7 Å². The van der Waals surface area contributed by atoms with Crippen molar-refractivity contribution in [3.63, 3.8) is 0 Å². The third-order valence-corrected chi connectivity index (χ3v) is 5.17. The molecule has 0 saturated carbocycles. The molecule has 4 heterocycles. The first kappa shape index (κ1) is 17.6. The van der Waals surface area contributed by atoms with Crippen LogP contribution in [0.15, 0.2) is 6.20 Å². The van der Waals surface area contributed by atoms with Crippen molar-refractivity contribution in [2.75, 3.05) is 18.6 Å². The molecule has 0 aromatic carbocycles. The molecule has 1 atom stereocenters. The number of methoxy groups -OCH3 is 1. The molecule has 0 aliphatic carbocycles. The zero-order valence-corrected chi connectivity index (χ0v) is 16.3. The highest BCUT2D eigenvalue weighted by atomic mass is 16.5. The molecule has 9 nitrogen and oxygen atoms in total. The molecule has 0 unspecified atom stereocenters. The van der Waals surface area contributed by atoms with Crippen LogP contribution in [-0.2, 0) is 11.8 Å². The highest BCUT2D eigenvalue weighted by Gasteiger charge is 2.38. The third kappa shape index (κ3) is 2.97. The Bertz CT molecular complexity index is 981. The number of rotatable bonds is 4. The van der Waals surface area contributed by atoms with Crippen LogP contribution >= 0.6 is 0 Å². The average molecular weight is 368 g/mol. The van der Waals surface area contributed by atoms with E-state index in [4.69, 9.17) is 4.74 Å². The fourth-order valence-electron chi connectivity index (χ4n) is 3.43. The van der Waals surface area contributed by atoms with Crippen molar-refractivity contribution < 1.29 is 4.74 Å². The molecule has 27 heavy (non-hydrogen) atoms. The number of fused-ring (bicyclic) bond motifs is 1. The van der Waals surface area contributed by atoms with E-state index in [1.54, 1.807) is 22.5 Å². The second kappa shape index (κ2) is 6.41. The van der Waals surface area contributed by atoms with Gasteiger partial charge in [0, 0.05) is 26.9 Å². The van der Waals surface area contributed by atoms with Crippen LogP contribution in [0.25, 0.3) is 17.8 Å². The number of hydrogen-bond acceptors (Lipinski definition) is 7. The smallest absolute Gasteiger partial charge is 0.247 e. The Morgan fingerprint density at radius 3 is 2.74 bits per heavy atom. The van der Waals surface area contributed by atoms with Gasteiger partial charge in [0.25, 0.3) is 0 Å². The maximum atomic E-state index is 5.69. The number of ether oxygens (including phenoxy) is 1. The molecule has 1 aliphatic rings. The summed E-state index contributed by atoms with van der Waals surface area (Å²) in [6, 6.07) is 0. The molecule has 0 bridgehead atoms. The van der Waals surface area contributed by atoms with E-state index in [0.29, 0.717) is 11.8 Å². The van der Waals surface area contributed by atoms with Crippen molar-refractivity contribution in [2.24, 2.45) is 7.05 Å². The molecule has 0 radical (unpaired) electrons. The highest BCUT2D eigenvalue weighted by Crippen LogP contribution is 2.32. The van der Waals surface area contributed by atoms with Gasteiger partial charge in [-0.25, -0.2) is 14.2 Å². The summed E-state index contributed by atoms with van der Waals surface area (Å²) in [6.45, 7) is 6.84. The summed E-state index contributed by atoms with van der Waals surface area (Å²) in [4.78, 5) is 15.7. The average Bonchev–Trinajstić information content (AvgIpc) is 3.34. The topological polar surface area (TPSA) is 86.3 Å². The van der Waals surface area contributed by atoms with Crippen LogP contribution in [0, 0.1) is 13.8 Å². The van der Waals surface area contributed by atoms with Gasteiger partial charge in [0.1, 0.15) is 5.72 Å². The van der Waals surface area contributed by atoms with Gasteiger partial charge < -0.3 is 9.64 Å². The lowest BCUT2D eigenvalue weighted by Crippen LogP contribution is -2.43. The minimum Gasteiger partial charge on any atom is -0.359 e.